The summed E-state index contributed by atoms with van der Waals surface area (Å²) in [5.41, 5.74) is 1.46. The summed E-state index contributed by atoms with van der Waals surface area (Å²) in [7, 11) is -3.41. The van der Waals surface area contributed by atoms with Crippen molar-refractivity contribution >= 4 is 38.1 Å². The third-order valence-electron chi connectivity index (χ3n) is 3.23. The highest BCUT2D eigenvalue weighted by molar-refractivity contribution is 7.92. The van der Waals surface area contributed by atoms with Crippen LogP contribution in [-0.2, 0) is 16.4 Å². The number of aromatic nitrogens is 2. The number of hydrogen-bond donors (Lipinski definition) is 2. The van der Waals surface area contributed by atoms with E-state index in [0.29, 0.717) is 16.4 Å². The van der Waals surface area contributed by atoms with E-state index in [4.69, 9.17) is 0 Å². The van der Waals surface area contributed by atoms with Gasteiger partial charge in [0.1, 0.15) is 5.01 Å². The molecule has 1 heterocycles. The van der Waals surface area contributed by atoms with Crippen LogP contribution in [0.3, 0.4) is 0 Å². The molecule has 1 aromatic heterocycles. The molecule has 0 saturated carbocycles. The maximum absolute atomic E-state index is 12.3. The van der Waals surface area contributed by atoms with Crippen molar-refractivity contribution in [2.75, 3.05) is 16.3 Å². The van der Waals surface area contributed by atoms with Gasteiger partial charge >= 0.3 is 0 Å². The van der Waals surface area contributed by atoms with Crippen LogP contribution < -0.4 is 10.0 Å². The number of anilines is 2. The van der Waals surface area contributed by atoms with E-state index in [1.165, 1.54) is 17.4 Å². The summed E-state index contributed by atoms with van der Waals surface area (Å²) in [6, 6.07) is 4.83. The summed E-state index contributed by atoms with van der Waals surface area (Å²) in [6.07, 6.45) is 4.01. The van der Waals surface area contributed by atoms with Crippen LogP contribution in [0.25, 0.3) is 0 Å². The summed E-state index contributed by atoms with van der Waals surface area (Å²) in [4.78, 5) is 12.3. The van der Waals surface area contributed by atoms with Crippen molar-refractivity contribution in [1.29, 1.82) is 0 Å². The Balaban J connectivity index is 2.12. The number of carbonyl (C=O) groups is 1. The molecule has 2 rings (SSSR count). The van der Waals surface area contributed by atoms with Crippen molar-refractivity contribution in [3.05, 3.63) is 34.3 Å². The Morgan fingerprint density at radius 3 is 2.71 bits per heavy atom. The number of hydrogen-bond acceptors (Lipinski definition) is 6. The van der Waals surface area contributed by atoms with Gasteiger partial charge < -0.3 is 0 Å². The number of nitrogens with one attached hydrogen (secondary N) is 2. The van der Waals surface area contributed by atoms with Gasteiger partial charge in [0.2, 0.25) is 15.2 Å². The Morgan fingerprint density at radius 2 is 2.04 bits per heavy atom. The van der Waals surface area contributed by atoms with Crippen LogP contribution in [-0.4, -0.2) is 30.8 Å². The number of rotatable bonds is 7. The highest BCUT2D eigenvalue weighted by atomic mass is 32.2. The molecule has 2 N–H and O–H groups in total. The fourth-order valence-corrected chi connectivity index (χ4v) is 3.37. The number of unbranched alkanes of at least 4 members (excludes halogenated alkanes) is 1. The molecule has 2 aromatic rings. The summed E-state index contributed by atoms with van der Waals surface area (Å²) < 4.78 is 25.2. The summed E-state index contributed by atoms with van der Waals surface area (Å²) in [5, 5.41) is 12.0. The SMILES string of the molecule is CCCCc1nnc(NC(=O)c2ccc(C)c(NS(C)(=O)=O)c2)s1. The second-order valence-corrected chi connectivity index (χ2v) is 8.27. The third kappa shape index (κ3) is 5.27. The Hall–Kier alpha value is -2.00. The Labute approximate surface area is 145 Å². The zero-order chi connectivity index (χ0) is 17.7. The largest absolute Gasteiger partial charge is 0.296 e. The van der Waals surface area contributed by atoms with Gasteiger partial charge in [0.15, 0.2) is 0 Å². The Kier molecular flexibility index (Phi) is 5.89. The second-order valence-electron chi connectivity index (χ2n) is 5.46. The minimum absolute atomic E-state index is 0.344. The average Bonchev–Trinajstić information content (AvgIpc) is 2.93. The molecule has 0 radical (unpaired) electrons. The minimum Gasteiger partial charge on any atom is -0.296 e. The van der Waals surface area contributed by atoms with Crippen molar-refractivity contribution in [3.63, 3.8) is 0 Å². The van der Waals surface area contributed by atoms with E-state index in [1.807, 2.05) is 0 Å². The van der Waals surface area contributed by atoms with Crippen LogP contribution in [0.5, 0.6) is 0 Å². The van der Waals surface area contributed by atoms with E-state index in [0.717, 1.165) is 36.1 Å². The van der Waals surface area contributed by atoms with Crippen molar-refractivity contribution in [3.8, 4) is 0 Å². The molecule has 0 atom stereocenters. The molecular weight excluding hydrogens is 348 g/mol. The average molecular weight is 368 g/mol. The monoisotopic (exact) mass is 368 g/mol. The quantitative estimate of drug-likeness (QED) is 0.782. The van der Waals surface area contributed by atoms with Crippen LogP contribution in [0.1, 0.15) is 40.7 Å². The van der Waals surface area contributed by atoms with Crippen LogP contribution >= 0.6 is 11.3 Å². The van der Waals surface area contributed by atoms with Gasteiger partial charge in [-0.2, -0.15) is 0 Å². The maximum atomic E-state index is 12.3. The van der Waals surface area contributed by atoms with Gasteiger partial charge in [-0.15, -0.1) is 10.2 Å². The zero-order valence-electron chi connectivity index (χ0n) is 13.8. The molecule has 0 aliphatic rings. The van der Waals surface area contributed by atoms with E-state index in [1.54, 1.807) is 19.1 Å². The van der Waals surface area contributed by atoms with Gasteiger partial charge in [0, 0.05) is 12.0 Å². The maximum Gasteiger partial charge on any atom is 0.257 e. The van der Waals surface area contributed by atoms with Crippen LogP contribution in [0.15, 0.2) is 18.2 Å². The molecule has 0 bridgehead atoms. The van der Waals surface area contributed by atoms with Gasteiger partial charge in [-0.3, -0.25) is 14.8 Å². The lowest BCUT2D eigenvalue weighted by atomic mass is 10.1. The standard InChI is InChI=1S/C15H20N4O3S2/c1-4-5-6-13-17-18-15(23-13)16-14(20)11-8-7-10(2)12(9-11)19-24(3,21)22/h7-9,19H,4-6H2,1-3H3,(H,16,18,20). The van der Waals surface area contributed by atoms with Gasteiger partial charge in [-0.25, -0.2) is 8.42 Å². The number of carbonyl (C=O) groups excluding carboxylic acids is 1. The fraction of sp³-hybridized carbons (Fsp3) is 0.400. The van der Waals surface area contributed by atoms with Gasteiger partial charge in [0.25, 0.3) is 5.91 Å². The number of sulfonamides is 1. The van der Waals surface area contributed by atoms with E-state index < -0.39 is 10.0 Å². The van der Waals surface area contributed by atoms with Crippen molar-refractivity contribution in [1.82, 2.24) is 10.2 Å². The highest BCUT2D eigenvalue weighted by Gasteiger charge is 2.13. The van der Waals surface area contributed by atoms with Crippen LogP contribution in [0, 0.1) is 6.92 Å². The molecule has 0 unspecified atom stereocenters. The Bertz CT molecular complexity index is 831. The van der Waals surface area contributed by atoms with E-state index in [2.05, 4.69) is 27.2 Å². The number of benzene rings is 1. The molecule has 0 fully saturated rings. The molecule has 0 saturated heterocycles. The molecule has 1 aromatic carbocycles. The molecule has 130 valence electrons. The number of nitrogens with zero attached hydrogens (tertiary/aromatic N) is 2. The van der Waals surface area contributed by atoms with Crippen molar-refractivity contribution in [2.24, 2.45) is 0 Å². The molecule has 0 spiro atoms. The molecule has 7 nitrogen and oxygen atoms in total. The molecular formula is C15H20N4O3S2. The third-order valence-corrected chi connectivity index (χ3v) is 4.72. The van der Waals surface area contributed by atoms with Gasteiger partial charge in [0.05, 0.1) is 11.9 Å². The summed E-state index contributed by atoms with van der Waals surface area (Å²) in [5.74, 6) is -0.357. The first-order chi connectivity index (χ1) is 11.3. The topological polar surface area (TPSA) is 101 Å². The Morgan fingerprint density at radius 1 is 1.29 bits per heavy atom. The van der Waals surface area contributed by atoms with Crippen molar-refractivity contribution in [2.45, 2.75) is 33.1 Å². The molecule has 1 amide bonds. The lowest BCUT2D eigenvalue weighted by Crippen LogP contribution is -2.14. The van der Waals surface area contributed by atoms with E-state index in [-0.39, 0.29) is 5.91 Å². The first-order valence-electron chi connectivity index (χ1n) is 7.50. The first-order valence-corrected chi connectivity index (χ1v) is 10.2. The normalized spacial score (nSPS) is 11.3. The predicted molar refractivity (Wildman–Crippen MR) is 96.1 cm³/mol. The molecule has 9 heteroatoms. The fourth-order valence-electron chi connectivity index (χ4n) is 1.98. The second kappa shape index (κ2) is 7.71. The number of amides is 1. The van der Waals surface area contributed by atoms with E-state index in [9.17, 15) is 13.2 Å². The predicted octanol–water partition coefficient (Wildman–Crippen LogP) is 2.81. The molecule has 24 heavy (non-hydrogen) atoms. The van der Waals surface area contributed by atoms with Gasteiger partial charge in [-0.05, 0) is 31.0 Å². The smallest absolute Gasteiger partial charge is 0.257 e. The first kappa shape index (κ1) is 18.3. The van der Waals surface area contributed by atoms with Gasteiger partial charge in [-0.1, -0.05) is 30.7 Å². The van der Waals surface area contributed by atoms with Crippen molar-refractivity contribution < 1.29 is 13.2 Å². The molecule has 0 aliphatic carbocycles. The summed E-state index contributed by atoms with van der Waals surface area (Å²) >= 11 is 1.35. The molecule has 0 aliphatic heterocycles. The van der Waals surface area contributed by atoms with E-state index >= 15 is 0 Å². The highest BCUT2D eigenvalue weighted by Crippen LogP contribution is 2.21. The zero-order valence-corrected chi connectivity index (χ0v) is 15.4. The minimum atomic E-state index is -3.41. The lowest BCUT2D eigenvalue weighted by molar-refractivity contribution is 0.102. The van der Waals surface area contributed by atoms with Crippen LogP contribution in [0.4, 0.5) is 10.8 Å². The lowest BCUT2D eigenvalue weighted by Gasteiger charge is -2.09. The number of aryl methyl sites for hydroxylation is 2. The summed E-state index contributed by atoms with van der Waals surface area (Å²) in [6.45, 7) is 3.86. The van der Waals surface area contributed by atoms with Crippen LogP contribution in [0.2, 0.25) is 0 Å².